The standard InChI is InChI=1S/C12H19N3O/c1-12(2,8-11(13)16)15-7-5-10-4-3-6-14-9-10/h3-4,6,9,15H,5,7-8H2,1-2H3,(H2,13,16). The van der Waals surface area contributed by atoms with Crippen LogP contribution in [0.15, 0.2) is 24.5 Å². The third-order valence-electron chi connectivity index (χ3n) is 2.36. The van der Waals surface area contributed by atoms with Crippen molar-refractivity contribution in [3.05, 3.63) is 30.1 Å². The Hall–Kier alpha value is -1.42. The van der Waals surface area contributed by atoms with Crippen LogP contribution in [0.4, 0.5) is 0 Å². The first-order chi connectivity index (χ1) is 7.49. The van der Waals surface area contributed by atoms with Crippen molar-refractivity contribution in [2.75, 3.05) is 6.54 Å². The smallest absolute Gasteiger partial charge is 0.219 e. The highest BCUT2D eigenvalue weighted by Gasteiger charge is 2.19. The Morgan fingerprint density at radius 2 is 2.31 bits per heavy atom. The summed E-state index contributed by atoms with van der Waals surface area (Å²) in [5.74, 6) is -0.279. The van der Waals surface area contributed by atoms with Crippen molar-refractivity contribution in [2.24, 2.45) is 5.73 Å². The first kappa shape index (κ1) is 12.6. The van der Waals surface area contributed by atoms with Crippen LogP contribution < -0.4 is 11.1 Å². The highest BCUT2D eigenvalue weighted by Crippen LogP contribution is 2.07. The van der Waals surface area contributed by atoms with Crippen LogP contribution in [0.3, 0.4) is 0 Å². The van der Waals surface area contributed by atoms with E-state index in [-0.39, 0.29) is 11.4 Å². The lowest BCUT2D eigenvalue weighted by molar-refractivity contribution is -0.119. The van der Waals surface area contributed by atoms with Crippen LogP contribution >= 0.6 is 0 Å². The zero-order chi connectivity index (χ0) is 12.0. The molecule has 88 valence electrons. The van der Waals surface area contributed by atoms with Gasteiger partial charge in [-0.05, 0) is 38.4 Å². The Labute approximate surface area is 96.3 Å². The average molecular weight is 221 g/mol. The van der Waals surface area contributed by atoms with E-state index in [0.29, 0.717) is 6.42 Å². The zero-order valence-corrected chi connectivity index (χ0v) is 9.86. The van der Waals surface area contributed by atoms with Crippen molar-refractivity contribution in [2.45, 2.75) is 32.2 Å². The molecule has 0 fully saturated rings. The molecule has 0 aliphatic carbocycles. The lowest BCUT2D eigenvalue weighted by Gasteiger charge is -2.24. The Balaban J connectivity index is 2.32. The quantitative estimate of drug-likeness (QED) is 0.749. The number of nitrogens with one attached hydrogen (secondary N) is 1. The zero-order valence-electron chi connectivity index (χ0n) is 9.86. The second-order valence-corrected chi connectivity index (χ2v) is 4.57. The molecule has 16 heavy (non-hydrogen) atoms. The molecule has 0 atom stereocenters. The third kappa shape index (κ3) is 4.89. The summed E-state index contributed by atoms with van der Waals surface area (Å²) in [5, 5.41) is 3.31. The molecule has 0 aliphatic rings. The number of aromatic nitrogens is 1. The van der Waals surface area contributed by atoms with Crippen molar-refractivity contribution in [3.63, 3.8) is 0 Å². The monoisotopic (exact) mass is 221 g/mol. The van der Waals surface area contributed by atoms with E-state index in [1.165, 1.54) is 5.56 Å². The molecular formula is C12H19N3O. The summed E-state index contributed by atoms with van der Waals surface area (Å²) >= 11 is 0. The molecule has 0 bridgehead atoms. The number of nitrogens with two attached hydrogens (primary N) is 1. The third-order valence-corrected chi connectivity index (χ3v) is 2.36. The molecule has 0 saturated carbocycles. The molecule has 1 heterocycles. The summed E-state index contributed by atoms with van der Waals surface area (Å²) in [6, 6.07) is 3.96. The van der Waals surface area contributed by atoms with E-state index >= 15 is 0 Å². The van der Waals surface area contributed by atoms with E-state index in [2.05, 4.69) is 10.3 Å². The Morgan fingerprint density at radius 3 is 2.88 bits per heavy atom. The molecule has 3 N–H and O–H groups in total. The lowest BCUT2D eigenvalue weighted by atomic mass is 10.00. The number of hydrogen-bond donors (Lipinski definition) is 2. The highest BCUT2D eigenvalue weighted by atomic mass is 16.1. The van der Waals surface area contributed by atoms with Crippen LogP contribution in [0, 0.1) is 0 Å². The van der Waals surface area contributed by atoms with Crippen molar-refractivity contribution in [3.8, 4) is 0 Å². The molecule has 4 heteroatoms. The largest absolute Gasteiger partial charge is 0.370 e. The van der Waals surface area contributed by atoms with Gasteiger partial charge in [0.25, 0.3) is 0 Å². The number of carbonyl (C=O) groups excluding carboxylic acids is 1. The van der Waals surface area contributed by atoms with E-state index in [0.717, 1.165) is 13.0 Å². The molecule has 0 unspecified atom stereocenters. The van der Waals surface area contributed by atoms with Crippen LogP contribution in [0.2, 0.25) is 0 Å². The van der Waals surface area contributed by atoms with Crippen LogP contribution in [-0.2, 0) is 11.2 Å². The summed E-state index contributed by atoms with van der Waals surface area (Å²) in [6.07, 6.45) is 4.85. The number of pyridine rings is 1. The van der Waals surface area contributed by atoms with Gasteiger partial charge in [0.05, 0.1) is 0 Å². The second-order valence-electron chi connectivity index (χ2n) is 4.57. The van der Waals surface area contributed by atoms with E-state index in [4.69, 9.17) is 5.73 Å². The molecular weight excluding hydrogens is 202 g/mol. The Kier molecular flexibility index (Phi) is 4.43. The predicted molar refractivity (Wildman–Crippen MR) is 63.8 cm³/mol. The van der Waals surface area contributed by atoms with Gasteiger partial charge in [-0.3, -0.25) is 9.78 Å². The van der Waals surface area contributed by atoms with Crippen molar-refractivity contribution < 1.29 is 4.79 Å². The highest BCUT2D eigenvalue weighted by molar-refractivity contribution is 5.74. The molecule has 0 spiro atoms. The summed E-state index contributed by atoms with van der Waals surface area (Å²) < 4.78 is 0. The van der Waals surface area contributed by atoms with Gasteiger partial charge in [-0.1, -0.05) is 6.07 Å². The Morgan fingerprint density at radius 1 is 1.56 bits per heavy atom. The number of rotatable bonds is 6. The molecule has 4 nitrogen and oxygen atoms in total. The van der Waals surface area contributed by atoms with Gasteiger partial charge in [0.15, 0.2) is 0 Å². The van der Waals surface area contributed by atoms with E-state index < -0.39 is 0 Å². The van der Waals surface area contributed by atoms with Gasteiger partial charge in [-0.25, -0.2) is 0 Å². The van der Waals surface area contributed by atoms with Gasteiger partial charge in [0, 0.05) is 24.4 Å². The number of amides is 1. The van der Waals surface area contributed by atoms with E-state index in [9.17, 15) is 4.79 Å². The fourth-order valence-electron chi connectivity index (χ4n) is 1.59. The summed E-state index contributed by atoms with van der Waals surface area (Å²) in [5.41, 5.74) is 6.12. The van der Waals surface area contributed by atoms with Crippen LogP contribution in [-0.4, -0.2) is 23.0 Å². The van der Waals surface area contributed by atoms with Gasteiger partial charge in [0.1, 0.15) is 0 Å². The fourth-order valence-corrected chi connectivity index (χ4v) is 1.59. The van der Waals surface area contributed by atoms with Crippen LogP contribution in [0.5, 0.6) is 0 Å². The van der Waals surface area contributed by atoms with E-state index in [1.807, 2.05) is 32.2 Å². The van der Waals surface area contributed by atoms with Crippen LogP contribution in [0.25, 0.3) is 0 Å². The molecule has 1 amide bonds. The lowest BCUT2D eigenvalue weighted by Crippen LogP contribution is -2.43. The number of primary amides is 1. The topological polar surface area (TPSA) is 68.0 Å². The number of hydrogen-bond acceptors (Lipinski definition) is 3. The number of nitrogens with zero attached hydrogens (tertiary/aromatic N) is 1. The Bertz CT molecular complexity index is 335. The minimum Gasteiger partial charge on any atom is -0.370 e. The number of carbonyl (C=O) groups is 1. The predicted octanol–water partition coefficient (Wildman–Crippen LogP) is 0.868. The molecule has 0 radical (unpaired) electrons. The first-order valence-corrected chi connectivity index (χ1v) is 5.42. The van der Waals surface area contributed by atoms with Gasteiger partial charge >= 0.3 is 0 Å². The van der Waals surface area contributed by atoms with Gasteiger partial charge in [-0.15, -0.1) is 0 Å². The molecule has 1 aromatic heterocycles. The summed E-state index contributed by atoms with van der Waals surface area (Å²) in [7, 11) is 0. The molecule has 0 saturated heterocycles. The maximum absolute atomic E-state index is 10.8. The van der Waals surface area contributed by atoms with Gasteiger partial charge < -0.3 is 11.1 Å². The van der Waals surface area contributed by atoms with Crippen LogP contribution in [0.1, 0.15) is 25.8 Å². The summed E-state index contributed by atoms with van der Waals surface area (Å²) in [4.78, 5) is 14.9. The minimum absolute atomic E-state index is 0.242. The maximum atomic E-state index is 10.8. The minimum atomic E-state index is -0.279. The first-order valence-electron chi connectivity index (χ1n) is 5.42. The fraction of sp³-hybridized carbons (Fsp3) is 0.500. The molecule has 1 aromatic rings. The summed E-state index contributed by atoms with van der Waals surface area (Å²) in [6.45, 7) is 4.76. The second kappa shape index (κ2) is 5.61. The van der Waals surface area contributed by atoms with E-state index in [1.54, 1.807) is 6.20 Å². The van der Waals surface area contributed by atoms with Crippen molar-refractivity contribution >= 4 is 5.91 Å². The average Bonchev–Trinajstić information content (AvgIpc) is 2.16. The van der Waals surface area contributed by atoms with Gasteiger partial charge in [-0.2, -0.15) is 0 Å². The maximum Gasteiger partial charge on any atom is 0.219 e. The van der Waals surface area contributed by atoms with Crippen molar-refractivity contribution in [1.29, 1.82) is 0 Å². The molecule has 0 aliphatic heterocycles. The molecule has 0 aromatic carbocycles. The molecule has 1 rings (SSSR count). The normalized spacial score (nSPS) is 11.4. The van der Waals surface area contributed by atoms with Gasteiger partial charge in [0.2, 0.25) is 5.91 Å². The SMILES string of the molecule is CC(C)(CC(N)=O)NCCc1cccnc1. The van der Waals surface area contributed by atoms with Crippen molar-refractivity contribution in [1.82, 2.24) is 10.3 Å².